The Kier molecular flexibility index (Phi) is 4.33. The van der Waals surface area contributed by atoms with Gasteiger partial charge in [-0.25, -0.2) is 8.42 Å². The minimum atomic E-state index is -3.31. The molecule has 5 nitrogen and oxygen atoms in total. The van der Waals surface area contributed by atoms with Crippen molar-refractivity contribution in [1.82, 2.24) is 0 Å². The molecule has 1 aromatic carbocycles. The topological polar surface area (TPSA) is 87.0 Å². The van der Waals surface area contributed by atoms with Crippen LogP contribution in [0.1, 0.15) is 37.3 Å². The third-order valence-corrected chi connectivity index (χ3v) is 5.13. The summed E-state index contributed by atoms with van der Waals surface area (Å²) in [5, 5.41) is 9.08. The summed E-state index contributed by atoms with van der Waals surface area (Å²) in [5.74, 6) is -0.694. The number of carbonyl (C=O) groups excluding carboxylic acids is 1. The third-order valence-electron chi connectivity index (χ3n) is 3.82. The molecule has 0 unspecified atom stereocenters. The summed E-state index contributed by atoms with van der Waals surface area (Å²) in [6.07, 6.45) is 0.984. The molecule has 21 heavy (non-hydrogen) atoms. The van der Waals surface area contributed by atoms with Gasteiger partial charge in [-0.15, -0.1) is 0 Å². The summed E-state index contributed by atoms with van der Waals surface area (Å²) in [4.78, 5) is 12.1. The monoisotopic (exact) mass is 306 g/mol. The molecule has 1 aliphatic rings. The largest absolute Gasteiger partial charge is 0.299 e. The minimum Gasteiger partial charge on any atom is -0.299 e. The van der Waals surface area contributed by atoms with E-state index >= 15 is 0 Å². The lowest BCUT2D eigenvalue weighted by Crippen LogP contribution is -2.25. The summed E-state index contributed by atoms with van der Waals surface area (Å²) in [7, 11) is -3.31. The van der Waals surface area contributed by atoms with Crippen molar-refractivity contribution in [2.75, 3.05) is 10.5 Å². The van der Waals surface area contributed by atoms with Crippen LogP contribution in [0.2, 0.25) is 0 Å². The van der Waals surface area contributed by atoms with E-state index in [1.807, 2.05) is 0 Å². The number of sulfonamides is 1. The number of aryl methyl sites for hydroxylation is 1. The van der Waals surface area contributed by atoms with Crippen molar-refractivity contribution >= 4 is 21.5 Å². The molecule has 0 aliphatic heterocycles. The molecule has 0 spiro atoms. The van der Waals surface area contributed by atoms with E-state index in [0.29, 0.717) is 18.5 Å². The fraction of sp³-hybridized carbons (Fsp3) is 0.467. The van der Waals surface area contributed by atoms with Crippen LogP contribution < -0.4 is 4.72 Å². The van der Waals surface area contributed by atoms with E-state index in [2.05, 4.69) is 10.8 Å². The fourth-order valence-electron chi connectivity index (χ4n) is 2.65. The van der Waals surface area contributed by atoms with Gasteiger partial charge in [0.25, 0.3) is 0 Å². The highest BCUT2D eigenvalue weighted by Gasteiger charge is 2.32. The predicted molar refractivity (Wildman–Crippen MR) is 80.4 cm³/mol. The van der Waals surface area contributed by atoms with Gasteiger partial charge in [0.05, 0.1) is 23.7 Å². The van der Waals surface area contributed by atoms with Crippen molar-refractivity contribution in [3.63, 3.8) is 0 Å². The molecule has 2 rings (SSSR count). The lowest BCUT2D eigenvalue weighted by molar-refractivity contribution is -0.121. The van der Waals surface area contributed by atoms with E-state index in [1.54, 1.807) is 32.0 Å². The zero-order valence-corrected chi connectivity index (χ0v) is 12.9. The number of anilines is 1. The number of nitrogens with one attached hydrogen (secondary N) is 1. The molecule has 2 atom stereocenters. The number of nitriles is 1. The fourth-order valence-corrected chi connectivity index (χ4v) is 3.28. The van der Waals surface area contributed by atoms with Crippen molar-refractivity contribution in [1.29, 1.82) is 5.26 Å². The summed E-state index contributed by atoms with van der Waals surface area (Å²) >= 11 is 0. The van der Waals surface area contributed by atoms with Gasteiger partial charge in [0.15, 0.2) is 0 Å². The van der Waals surface area contributed by atoms with Gasteiger partial charge in [0.1, 0.15) is 5.78 Å². The SMILES string of the molecule is CCS(=O)(=O)Nc1ccc2c(c1)CCC(=O)[C@@H]2[C@@H](C)C#N. The number of ketones is 1. The maximum atomic E-state index is 12.1. The lowest BCUT2D eigenvalue weighted by atomic mass is 9.76. The Balaban J connectivity index is 2.38. The molecule has 0 fully saturated rings. The molecule has 1 aliphatic carbocycles. The van der Waals surface area contributed by atoms with Gasteiger partial charge in [0, 0.05) is 12.1 Å². The van der Waals surface area contributed by atoms with E-state index in [1.165, 1.54) is 0 Å². The van der Waals surface area contributed by atoms with E-state index in [0.717, 1.165) is 11.1 Å². The Bertz CT molecular complexity index is 704. The van der Waals surface area contributed by atoms with Crippen LogP contribution >= 0.6 is 0 Å². The highest BCUT2D eigenvalue weighted by atomic mass is 32.2. The van der Waals surface area contributed by atoms with Gasteiger partial charge in [-0.05, 0) is 43.5 Å². The second-order valence-corrected chi connectivity index (χ2v) is 7.29. The number of rotatable bonds is 4. The standard InChI is InChI=1S/C15H18N2O3S/c1-3-21(19,20)17-12-5-6-13-11(8-12)4-7-14(18)15(13)10(2)9-16/h5-6,8,10,15,17H,3-4,7H2,1-2H3/t10-,15+/m0/s1. The first-order valence-electron chi connectivity index (χ1n) is 6.93. The molecule has 0 radical (unpaired) electrons. The minimum absolute atomic E-state index is 0.0106. The second-order valence-electron chi connectivity index (χ2n) is 5.28. The molecule has 0 amide bonds. The molecular formula is C15H18N2O3S. The van der Waals surface area contributed by atoms with E-state index in [4.69, 9.17) is 5.26 Å². The van der Waals surface area contributed by atoms with Gasteiger partial charge in [-0.3, -0.25) is 9.52 Å². The predicted octanol–water partition coefficient (Wildman–Crippen LogP) is 2.21. The van der Waals surface area contributed by atoms with E-state index < -0.39 is 15.9 Å². The van der Waals surface area contributed by atoms with E-state index in [-0.39, 0.29) is 17.5 Å². The number of hydrogen-bond acceptors (Lipinski definition) is 4. The highest BCUT2D eigenvalue weighted by Crippen LogP contribution is 2.35. The summed E-state index contributed by atoms with van der Waals surface area (Å²) < 4.78 is 25.7. The van der Waals surface area contributed by atoms with Crippen LogP contribution in [0.25, 0.3) is 0 Å². The summed E-state index contributed by atoms with van der Waals surface area (Å²) in [6, 6.07) is 7.32. The normalized spacial score (nSPS) is 19.5. The first kappa shape index (κ1) is 15.5. The van der Waals surface area contributed by atoms with Crippen LogP contribution in [-0.2, 0) is 21.2 Å². The quantitative estimate of drug-likeness (QED) is 0.924. The van der Waals surface area contributed by atoms with Crippen molar-refractivity contribution in [2.24, 2.45) is 5.92 Å². The maximum Gasteiger partial charge on any atom is 0.232 e. The Labute approximate surface area is 125 Å². The van der Waals surface area contributed by atoms with Gasteiger partial charge < -0.3 is 0 Å². The number of carbonyl (C=O) groups is 1. The average Bonchev–Trinajstić information content (AvgIpc) is 2.46. The average molecular weight is 306 g/mol. The molecular weight excluding hydrogens is 288 g/mol. The molecule has 6 heteroatoms. The van der Waals surface area contributed by atoms with Gasteiger partial charge in [-0.1, -0.05) is 6.07 Å². The molecule has 0 heterocycles. The number of nitrogens with zero attached hydrogens (tertiary/aromatic N) is 1. The zero-order valence-electron chi connectivity index (χ0n) is 12.1. The van der Waals surface area contributed by atoms with Crippen LogP contribution in [0.3, 0.4) is 0 Å². The van der Waals surface area contributed by atoms with Crippen LogP contribution in [0, 0.1) is 17.2 Å². The van der Waals surface area contributed by atoms with Crippen molar-refractivity contribution in [2.45, 2.75) is 32.6 Å². The zero-order chi connectivity index (χ0) is 15.6. The smallest absolute Gasteiger partial charge is 0.232 e. The van der Waals surface area contributed by atoms with Crippen molar-refractivity contribution < 1.29 is 13.2 Å². The Morgan fingerprint density at radius 2 is 2.14 bits per heavy atom. The second kappa shape index (κ2) is 5.86. The van der Waals surface area contributed by atoms with Crippen LogP contribution in [0.4, 0.5) is 5.69 Å². The van der Waals surface area contributed by atoms with Gasteiger partial charge in [0.2, 0.25) is 10.0 Å². The summed E-state index contributed by atoms with van der Waals surface area (Å²) in [6.45, 7) is 3.31. The molecule has 0 bridgehead atoms. The van der Waals surface area contributed by atoms with Gasteiger partial charge >= 0.3 is 0 Å². The third kappa shape index (κ3) is 3.24. The molecule has 0 saturated heterocycles. The highest BCUT2D eigenvalue weighted by molar-refractivity contribution is 7.92. The number of benzene rings is 1. The molecule has 112 valence electrons. The number of hydrogen-bond donors (Lipinski definition) is 1. The first-order valence-corrected chi connectivity index (χ1v) is 8.59. The Morgan fingerprint density at radius 1 is 1.43 bits per heavy atom. The maximum absolute atomic E-state index is 12.1. The Morgan fingerprint density at radius 3 is 2.76 bits per heavy atom. The Hall–Kier alpha value is -1.87. The van der Waals surface area contributed by atoms with Crippen molar-refractivity contribution in [3.05, 3.63) is 29.3 Å². The lowest BCUT2D eigenvalue weighted by Gasteiger charge is -2.26. The number of fused-ring (bicyclic) bond motifs is 1. The molecule has 1 N–H and O–H groups in total. The first-order chi connectivity index (χ1) is 9.88. The van der Waals surface area contributed by atoms with Gasteiger partial charge in [-0.2, -0.15) is 5.26 Å². The molecule has 0 saturated carbocycles. The molecule has 1 aromatic rings. The summed E-state index contributed by atoms with van der Waals surface area (Å²) in [5.41, 5.74) is 2.30. The van der Waals surface area contributed by atoms with Crippen molar-refractivity contribution in [3.8, 4) is 6.07 Å². The van der Waals surface area contributed by atoms with Crippen LogP contribution in [-0.4, -0.2) is 20.0 Å². The van der Waals surface area contributed by atoms with Crippen LogP contribution in [0.5, 0.6) is 0 Å². The van der Waals surface area contributed by atoms with E-state index in [9.17, 15) is 13.2 Å². The number of Topliss-reactive ketones (excluding diaryl/α,β-unsaturated/α-hetero) is 1. The van der Waals surface area contributed by atoms with Crippen LogP contribution in [0.15, 0.2) is 18.2 Å². The molecule has 0 aromatic heterocycles.